The lowest BCUT2D eigenvalue weighted by Crippen LogP contribution is -2.52. The lowest BCUT2D eigenvalue weighted by atomic mass is 9.98. The second kappa shape index (κ2) is 6.59. The summed E-state index contributed by atoms with van der Waals surface area (Å²) in [5, 5.41) is 7.25. The van der Waals surface area contributed by atoms with E-state index >= 15 is 0 Å². The van der Waals surface area contributed by atoms with E-state index in [2.05, 4.69) is 25.3 Å². The van der Waals surface area contributed by atoms with Crippen molar-refractivity contribution >= 4 is 17.4 Å². The van der Waals surface area contributed by atoms with Gasteiger partial charge in [0.25, 0.3) is 0 Å². The molecule has 0 saturated carbocycles. The molecule has 1 amide bonds. The topological polar surface area (TPSA) is 75.9 Å². The summed E-state index contributed by atoms with van der Waals surface area (Å²) in [6, 6.07) is 9.74. The van der Waals surface area contributed by atoms with Gasteiger partial charge in [0.05, 0.1) is 5.92 Å². The van der Waals surface area contributed by atoms with Crippen molar-refractivity contribution < 1.29 is 4.79 Å². The van der Waals surface area contributed by atoms with E-state index < -0.39 is 0 Å². The van der Waals surface area contributed by atoms with Crippen LogP contribution in [0.1, 0.15) is 11.1 Å². The minimum Gasteiger partial charge on any atom is -0.355 e. The standard InChI is InChI=1S/C19H20N6O/c1-13-5-3-6-14(2)18(13)23-19(26)15-10-24(11-15)16-9-17(21-12-20-16)25-8-4-7-22-25/h3-9,12,15H,10-11H2,1-2H3,(H,23,26). The molecule has 0 atom stereocenters. The number of anilines is 2. The molecule has 0 bridgehead atoms. The summed E-state index contributed by atoms with van der Waals surface area (Å²) in [7, 11) is 0. The quantitative estimate of drug-likeness (QED) is 0.783. The largest absolute Gasteiger partial charge is 0.355 e. The van der Waals surface area contributed by atoms with Gasteiger partial charge in [0.15, 0.2) is 5.82 Å². The first kappa shape index (κ1) is 16.3. The molecule has 1 aliphatic heterocycles. The van der Waals surface area contributed by atoms with Gasteiger partial charge in [0.2, 0.25) is 5.91 Å². The molecule has 0 radical (unpaired) electrons. The van der Waals surface area contributed by atoms with E-state index in [0.29, 0.717) is 18.9 Å². The smallest absolute Gasteiger partial charge is 0.231 e. The van der Waals surface area contributed by atoms with Gasteiger partial charge in [-0.25, -0.2) is 14.6 Å². The number of amides is 1. The average Bonchev–Trinajstić information content (AvgIpc) is 3.12. The number of para-hydroxylation sites is 1. The van der Waals surface area contributed by atoms with E-state index in [1.807, 2.05) is 50.4 Å². The van der Waals surface area contributed by atoms with Crippen molar-refractivity contribution in [2.45, 2.75) is 13.8 Å². The van der Waals surface area contributed by atoms with Gasteiger partial charge < -0.3 is 10.2 Å². The highest BCUT2D eigenvalue weighted by Crippen LogP contribution is 2.26. The first-order valence-electron chi connectivity index (χ1n) is 8.56. The molecule has 0 spiro atoms. The lowest BCUT2D eigenvalue weighted by Gasteiger charge is -2.39. The SMILES string of the molecule is Cc1cccc(C)c1NC(=O)C1CN(c2cc(-n3cccn3)ncn2)C1. The van der Waals surface area contributed by atoms with Crippen molar-refractivity contribution in [2.24, 2.45) is 5.92 Å². The number of carbonyl (C=O) groups excluding carboxylic acids is 1. The van der Waals surface area contributed by atoms with Gasteiger partial charge in [-0.05, 0) is 31.0 Å². The molecular weight excluding hydrogens is 328 g/mol. The van der Waals surface area contributed by atoms with E-state index in [9.17, 15) is 4.79 Å². The van der Waals surface area contributed by atoms with E-state index in [4.69, 9.17) is 0 Å². The maximum Gasteiger partial charge on any atom is 0.231 e. The second-order valence-electron chi connectivity index (χ2n) is 6.54. The number of benzene rings is 1. The van der Waals surface area contributed by atoms with Crippen LogP contribution in [0.5, 0.6) is 0 Å². The normalized spacial score (nSPS) is 14.2. The molecule has 4 rings (SSSR count). The first-order chi connectivity index (χ1) is 12.6. The van der Waals surface area contributed by atoms with Crippen LogP contribution in [0.25, 0.3) is 5.82 Å². The van der Waals surface area contributed by atoms with Crippen LogP contribution in [0.4, 0.5) is 11.5 Å². The van der Waals surface area contributed by atoms with Crippen LogP contribution in [-0.4, -0.2) is 38.7 Å². The highest BCUT2D eigenvalue weighted by atomic mass is 16.2. The van der Waals surface area contributed by atoms with Gasteiger partial charge in [-0.3, -0.25) is 4.79 Å². The van der Waals surface area contributed by atoms with Gasteiger partial charge in [-0.1, -0.05) is 18.2 Å². The molecule has 26 heavy (non-hydrogen) atoms. The Morgan fingerprint density at radius 2 is 1.85 bits per heavy atom. The van der Waals surface area contributed by atoms with Crippen molar-refractivity contribution in [3.05, 3.63) is 60.2 Å². The van der Waals surface area contributed by atoms with E-state index in [1.54, 1.807) is 10.9 Å². The summed E-state index contributed by atoms with van der Waals surface area (Å²) >= 11 is 0. The zero-order valence-corrected chi connectivity index (χ0v) is 14.8. The van der Waals surface area contributed by atoms with Crippen LogP contribution >= 0.6 is 0 Å². The van der Waals surface area contributed by atoms with Crippen LogP contribution in [0.3, 0.4) is 0 Å². The van der Waals surface area contributed by atoms with Crippen LogP contribution in [0.15, 0.2) is 49.1 Å². The molecule has 1 fully saturated rings. The zero-order valence-electron chi connectivity index (χ0n) is 14.8. The molecule has 0 unspecified atom stereocenters. The number of nitrogens with one attached hydrogen (secondary N) is 1. The Morgan fingerprint density at radius 3 is 2.54 bits per heavy atom. The number of aromatic nitrogens is 4. The minimum atomic E-state index is -0.0443. The van der Waals surface area contributed by atoms with Gasteiger partial charge >= 0.3 is 0 Å². The molecule has 3 heterocycles. The minimum absolute atomic E-state index is 0.0443. The Morgan fingerprint density at radius 1 is 1.12 bits per heavy atom. The van der Waals surface area contributed by atoms with Gasteiger partial charge in [-0.15, -0.1) is 0 Å². The van der Waals surface area contributed by atoms with Crippen LogP contribution in [0, 0.1) is 19.8 Å². The fraction of sp³-hybridized carbons (Fsp3) is 0.263. The molecule has 3 aromatic rings. The molecule has 0 aliphatic carbocycles. The zero-order chi connectivity index (χ0) is 18.1. The predicted octanol–water partition coefficient (Wildman–Crippen LogP) is 2.35. The Kier molecular flexibility index (Phi) is 4.12. The Bertz CT molecular complexity index is 911. The predicted molar refractivity (Wildman–Crippen MR) is 99.4 cm³/mol. The third-order valence-electron chi connectivity index (χ3n) is 4.68. The van der Waals surface area contributed by atoms with E-state index in [1.165, 1.54) is 6.33 Å². The molecule has 2 aromatic heterocycles. The average molecular weight is 348 g/mol. The van der Waals surface area contributed by atoms with Crippen LogP contribution < -0.4 is 10.2 Å². The fourth-order valence-electron chi connectivity index (χ4n) is 3.11. The molecule has 7 nitrogen and oxygen atoms in total. The monoisotopic (exact) mass is 348 g/mol. The number of carbonyl (C=O) groups is 1. The molecule has 7 heteroatoms. The van der Waals surface area contributed by atoms with Crippen LogP contribution in [-0.2, 0) is 4.79 Å². The van der Waals surface area contributed by atoms with E-state index in [0.717, 1.165) is 22.6 Å². The Hall–Kier alpha value is -3.22. The van der Waals surface area contributed by atoms with Gasteiger partial charge in [0, 0.05) is 37.2 Å². The van der Waals surface area contributed by atoms with Crippen molar-refractivity contribution in [3.63, 3.8) is 0 Å². The maximum absolute atomic E-state index is 12.5. The van der Waals surface area contributed by atoms with E-state index in [-0.39, 0.29) is 11.8 Å². The van der Waals surface area contributed by atoms with Gasteiger partial charge in [-0.2, -0.15) is 5.10 Å². The first-order valence-corrected chi connectivity index (χ1v) is 8.56. The van der Waals surface area contributed by atoms with Crippen molar-refractivity contribution in [2.75, 3.05) is 23.3 Å². The molecule has 1 aliphatic rings. The van der Waals surface area contributed by atoms with Crippen molar-refractivity contribution in [1.82, 2.24) is 19.7 Å². The second-order valence-corrected chi connectivity index (χ2v) is 6.54. The maximum atomic E-state index is 12.5. The summed E-state index contributed by atoms with van der Waals surface area (Å²) in [6.07, 6.45) is 5.07. The summed E-state index contributed by atoms with van der Waals surface area (Å²) in [5.41, 5.74) is 3.07. The number of aryl methyl sites for hydroxylation is 2. The van der Waals surface area contributed by atoms with Crippen molar-refractivity contribution in [1.29, 1.82) is 0 Å². The summed E-state index contributed by atoms with van der Waals surface area (Å²) in [6.45, 7) is 5.30. The fourth-order valence-corrected chi connectivity index (χ4v) is 3.11. The summed E-state index contributed by atoms with van der Waals surface area (Å²) < 4.78 is 1.69. The number of hydrogen-bond donors (Lipinski definition) is 1. The summed E-state index contributed by atoms with van der Waals surface area (Å²) in [4.78, 5) is 23.2. The lowest BCUT2D eigenvalue weighted by molar-refractivity contribution is -0.120. The highest BCUT2D eigenvalue weighted by molar-refractivity contribution is 5.95. The molecular formula is C19H20N6O. The third-order valence-corrected chi connectivity index (χ3v) is 4.68. The van der Waals surface area contributed by atoms with Crippen molar-refractivity contribution in [3.8, 4) is 5.82 Å². The molecule has 132 valence electrons. The van der Waals surface area contributed by atoms with Gasteiger partial charge in [0.1, 0.15) is 12.1 Å². The third kappa shape index (κ3) is 3.03. The number of hydrogen-bond acceptors (Lipinski definition) is 5. The number of rotatable bonds is 4. The molecule has 1 saturated heterocycles. The highest BCUT2D eigenvalue weighted by Gasteiger charge is 2.34. The Balaban J connectivity index is 1.41. The summed E-state index contributed by atoms with van der Waals surface area (Å²) in [5.74, 6) is 1.53. The molecule has 1 aromatic carbocycles. The Labute approximate surface area is 151 Å². The molecule has 1 N–H and O–H groups in total. The van der Waals surface area contributed by atoms with Crippen LogP contribution in [0.2, 0.25) is 0 Å². The number of nitrogens with zero attached hydrogens (tertiary/aromatic N) is 5.